The Balaban J connectivity index is 2.19. The van der Waals surface area contributed by atoms with Gasteiger partial charge in [0.15, 0.2) is 0 Å². The predicted molar refractivity (Wildman–Crippen MR) is 68.1 cm³/mol. The summed E-state index contributed by atoms with van der Waals surface area (Å²) in [5.74, 6) is -0.987. The fourth-order valence-electron chi connectivity index (χ4n) is 1.49. The summed E-state index contributed by atoms with van der Waals surface area (Å²) in [5.41, 5.74) is 0.839. The number of rotatable bonds is 4. The number of hydrogen-bond donors (Lipinski definition) is 2. The van der Waals surface area contributed by atoms with Gasteiger partial charge < -0.3 is 10.6 Å². The van der Waals surface area contributed by atoms with Crippen molar-refractivity contribution >= 4 is 11.6 Å². The van der Waals surface area contributed by atoms with Crippen molar-refractivity contribution in [1.29, 1.82) is 0 Å². The van der Waals surface area contributed by atoms with Crippen LogP contribution in [-0.2, 0) is 12.7 Å². The Morgan fingerprint density at radius 3 is 2.55 bits per heavy atom. The smallest absolute Gasteiger partial charge is 0.373 e. The number of nitrogens with zero attached hydrogens (tertiary/aromatic N) is 3. The molecule has 0 aliphatic heterocycles. The predicted octanol–water partition coefficient (Wildman–Crippen LogP) is 2.54. The standard InChI is InChI=1S/C12H12F3N5/c1-16-9-5-10(20-11(19-9)12(13,14)15)18-7-8-3-2-4-17-6-8/h2-6H,7H2,1H3,(H2,16,18,19,20). The van der Waals surface area contributed by atoms with Crippen LogP contribution in [-0.4, -0.2) is 22.0 Å². The molecule has 0 unspecified atom stereocenters. The Morgan fingerprint density at radius 1 is 1.20 bits per heavy atom. The minimum atomic E-state index is -4.59. The molecule has 2 aromatic heterocycles. The maximum absolute atomic E-state index is 12.7. The first kappa shape index (κ1) is 14.0. The average Bonchev–Trinajstić information content (AvgIpc) is 2.45. The second kappa shape index (κ2) is 5.72. The first-order valence-corrected chi connectivity index (χ1v) is 5.76. The Bertz CT molecular complexity index is 571. The number of hydrogen-bond acceptors (Lipinski definition) is 5. The van der Waals surface area contributed by atoms with Gasteiger partial charge >= 0.3 is 6.18 Å². The highest BCUT2D eigenvalue weighted by Crippen LogP contribution is 2.28. The number of anilines is 2. The summed E-state index contributed by atoms with van der Waals surface area (Å²) in [6.07, 6.45) is -1.34. The van der Waals surface area contributed by atoms with E-state index in [0.717, 1.165) is 5.56 Å². The van der Waals surface area contributed by atoms with E-state index in [2.05, 4.69) is 25.6 Å². The van der Waals surface area contributed by atoms with Crippen LogP contribution in [0.3, 0.4) is 0 Å². The van der Waals surface area contributed by atoms with Gasteiger partial charge in [-0.05, 0) is 11.6 Å². The van der Waals surface area contributed by atoms with Gasteiger partial charge in [-0.1, -0.05) is 6.07 Å². The highest BCUT2D eigenvalue weighted by atomic mass is 19.4. The van der Waals surface area contributed by atoms with Crippen LogP contribution >= 0.6 is 0 Å². The van der Waals surface area contributed by atoms with Gasteiger partial charge in [-0.25, -0.2) is 9.97 Å². The number of aromatic nitrogens is 3. The average molecular weight is 283 g/mol. The fourth-order valence-corrected chi connectivity index (χ4v) is 1.49. The second-order valence-corrected chi connectivity index (χ2v) is 3.92. The monoisotopic (exact) mass is 283 g/mol. The molecule has 0 fully saturated rings. The summed E-state index contributed by atoms with van der Waals surface area (Å²) in [6.45, 7) is 0.325. The van der Waals surface area contributed by atoms with Crippen molar-refractivity contribution in [3.05, 3.63) is 42.0 Å². The highest BCUT2D eigenvalue weighted by Gasteiger charge is 2.35. The molecule has 0 saturated carbocycles. The molecule has 8 heteroatoms. The van der Waals surface area contributed by atoms with Gasteiger partial charge in [-0.15, -0.1) is 0 Å². The van der Waals surface area contributed by atoms with Crippen LogP contribution in [0.15, 0.2) is 30.6 Å². The van der Waals surface area contributed by atoms with Gasteiger partial charge in [0.25, 0.3) is 0 Å². The Morgan fingerprint density at radius 2 is 1.95 bits per heavy atom. The van der Waals surface area contributed by atoms with E-state index in [1.54, 1.807) is 18.5 Å². The van der Waals surface area contributed by atoms with Crippen molar-refractivity contribution in [3.63, 3.8) is 0 Å². The summed E-state index contributed by atoms with van der Waals surface area (Å²) < 4.78 is 38.0. The summed E-state index contributed by atoms with van der Waals surface area (Å²) >= 11 is 0. The molecule has 0 radical (unpaired) electrons. The molecular weight excluding hydrogens is 271 g/mol. The topological polar surface area (TPSA) is 62.7 Å². The zero-order valence-electron chi connectivity index (χ0n) is 10.6. The van der Waals surface area contributed by atoms with E-state index in [4.69, 9.17) is 0 Å². The van der Waals surface area contributed by atoms with Crippen molar-refractivity contribution < 1.29 is 13.2 Å². The number of halogens is 3. The fraction of sp³-hybridized carbons (Fsp3) is 0.250. The summed E-state index contributed by atoms with van der Waals surface area (Å²) in [6, 6.07) is 4.97. The van der Waals surface area contributed by atoms with Crippen molar-refractivity contribution in [3.8, 4) is 0 Å². The van der Waals surface area contributed by atoms with Gasteiger partial charge in [0.1, 0.15) is 11.6 Å². The van der Waals surface area contributed by atoms with E-state index >= 15 is 0 Å². The van der Waals surface area contributed by atoms with Crippen LogP contribution < -0.4 is 10.6 Å². The zero-order chi connectivity index (χ0) is 14.6. The van der Waals surface area contributed by atoms with Crippen molar-refractivity contribution in [1.82, 2.24) is 15.0 Å². The SMILES string of the molecule is CNc1cc(NCc2cccnc2)nc(C(F)(F)F)n1. The van der Waals surface area contributed by atoms with E-state index in [1.165, 1.54) is 13.1 Å². The third-order valence-corrected chi connectivity index (χ3v) is 2.43. The second-order valence-electron chi connectivity index (χ2n) is 3.92. The van der Waals surface area contributed by atoms with Crippen LogP contribution in [0.2, 0.25) is 0 Å². The Hall–Kier alpha value is -2.38. The van der Waals surface area contributed by atoms with Gasteiger partial charge in [-0.3, -0.25) is 4.98 Å². The van der Waals surface area contributed by atoms with Crippen molar-refractivity contribution in [2.24, 2.45) is 0 Å². The normalized spacial score (nSPS) is 11.2. The van der Waals surface area contributed by atoms with Crippen LogP contribution in [0.1, 0.15) is 11.4 Å². The lowest BCUT2D eigenvalue weighted by molar-refractivity contribution is -0.144. The van der Waals surface area contributed by atoms with E-state index < -0.39 is 12.0 Å². The molecule has 5 nitrogen and oxygen atoms in total. The molecule has 2 rings (SSSR count). The summed E-state index contributed by atoms with van der Waals surface area (Å²) in [5, 5.41) is 5.39. The molecule has 2 aromatic rings. The number of alkyl halides is 3. The quantitative estimate of drug-likeness (QED) is 0.903. The molecule has 0 amide bonds. The lowest BCUT2D eigenvalue weighted by Crippen LogP contribution is -2.14. The van der Waals surface area contributed by atoms with E-state index in [9.17, 15) is 13.2 Å². The van der Waals surface area contributed by atoms with Gasteiger partial charge in [0, 0.05) is 32.1 Å². The zero-order valence-corrected chi connectivity index (χ0v) is 10.6. The molecule has 0 saturated heterocycles. The lowest BCUT2D eigenvalue weighted by atomic mass is 10.3. The van der Waals surface area contributed by atoms with Gasteiger partial charge in [0.2, 0.25) is 5.82 Å². The summed E-state index contributed by atoms with van der Waals surface area (Å²) in [7, 11) is 1.49. The van der Waals surface area contributed by atoms with Crippen LogP contribution in [0, 0.1) is 0 Å². The largest absolute Gasteiger partial charge is 0.451 e. The Labute approximate surface area is 113 Å². The third kappa shape index (κ3) is 3.56. The van der Waals surface area contributed by atoms with Crippen LogP contribution in [0.4, 0.5) is 24.8 Å². The third-order valence-electron chi connectivity index (χ3n) is 2.43. The lowest BCUT2D eigenvalue weighted by Gasteiger charge is -2.11. The maximum atomic E-state index is 12.7. The molecule has 0 aromatic carbocycles. The van der Waals surface area contributed by atoms with Crippen LogP contribution in [0.25, 0.3) is 0 Å². The molecule has 0 atom stereocenters. The molecule has 0 bridgehead atoms. The first-order chi connectivity index (χ1) is 9.49. The van der Waals surface area contributed by atoms with E-state index in [-0.39, 0.29) is 11.6 Å². The van der Waals surface area contributed by atoms with Crippen molar-refractivity contribution in [2.45, 2.75) is 12.7 Å². The molecule has 0 aliphatic rings. The van der Waals surface area contributed by atoms with Gasteiger partial charge in [-0.2, -0.15) is 13.2 Å². The van der Waals surface area contributed by atoms with Gasteiger partial charge in [0.05, 0.1) is 0 Å². The molecular formula is C12H12F3N5. The van der Waals surface area contributed by atoms with E-state index in [0.29, 0.717) is 6.54 Å². The van der Waals surface area contributed by atoms with Crippen molar-refractivity contribution in [2.75, 3.05) is 17.7 Å². The molecule has 0 aliphatic carbocycles. The molecule has 2 heterocycles. The number of nitrogens with one attached hydrogen (secondary N) is 2. The highest BCUT2D eigenvalue weighted by molar-refractivity contribution is 5.47. The molecule has 0 spiro atoms. The minimum Gasteiger partial charge on any atom is -0.373 e. The minimum absolute atomic E-state index is 0.0977. The Kier molecular flexibility index (Phi) is 4.02. The number of pyridine rings is 1. The maximum Gasteiger partial charge on any atom is 0.451 e. The molecule has 2 N–H and O–H groups in total. The molecule has 20 heavy (non-hydrogen) atoms. The van der Waals surface area contributed by atoms with E-state index in [1.807, 2.05) is 6.07 Å². The summed E-state index contributed by atoms with van der Waals surface area (Å²) in [4.78, 5) is 10.8. The first-order valence-electron chi connectivity index (χ1n) is 5.76. The van der Waals surface area contributed by atoms with Crippen LogP contribution in [0.5, 0.6) is 0 Å². The molecule has 106 valence electrons.